The average molecular weight is 563 g/mol. The molecule has 1 aliphatic rings. The Bertz CT molecular complexity index is 898. The lowest BCUT2D eigenvalue weighted by Gasteiger charge is -2.07. The molecule has 136 valence electrons. The first-order valence-electron chi connectivity index (χ1n) is 7.25. The van der Waals surface area contributed by atoms with Crippen LogP contribution in [0, 0.1) is 5.92 Å². The molecule has 26 heavy (non-hydrogen) atoms. The maximum atomic E-state index is 12.6. The van der Waals surface area contributed by atoms with E-state index in [1.165, 1.54) is 6.07 Å². The molecule has 1 aliphatic carbocycles. The molecule has 1 N–H and O–H groups in total. The molecule has 9 heteroatoms. The van der Waals surface area contributed by atoms with Crippen LogP contribution in [0.25, 0.3) is 0 Å². The number of carbonyl (C=O) groups excluding carboxylic acids is 2. The van der Waals surface area contributed by atoms with E-state index in [0.29, 0.717) is 31.9 Å². The summed E-state index contributed by atoms with van der Waals surface area (Å²) in [6.45, 7) is 0. The average Bonchev–Trinajstić information content (AvgIpc) is 3.10. The van der Waals surface area contributed by atoms with Gasteiger partial charge in [0.2, 0.25) is 9.70 Å². The molecule has 1 saturated carbocycles. The molecule has 0 aromatic heterocycles. The second kappa shape index (κ2) is 7.64. The normalized spacial score (nSPS) is 20.5. The van der Waals surface area contributed by atoms with E-state index in [1.807, 2.05) is 0 Å². The third-order valence-electron chi connectivity index (χ3n) is 4.03. The zero-order chi connectivity index (χ0) is 19.2. The van der Waals surface area contributed by atoms with Crippen molar-refractivity contribution >= 4 is 96.0 Å². The summed E-state index contributed by atoms with van der Waals surface area (Å²) in [5, 5.41) is 3.90. The van der Waals surface area contributed by atoms with Gasteiger partial charge in [-0.05, 0) is 42.0 Å². The highest BCUT2D eigenvalue weighted by Crippen LogP contribution is 2.65. The van der Waals surface area contributed by atoms with Crippen LogP contribution in [0.1, 0.15) is 21.8 Å². The Morgan fingerprint density at radius 3 is 2.19 bits per heavy atom. The molecule has 1 amide bonds. The molecule has 0 bridgehead atoms. The summed E-state index contributed by atoms with van der Waals surface area (Å²) in [6, 6.07) is 9.59. The summed E-state index contributed by atoms with van der Waals surface area (Å²) in [6.07, 6.45) is 0. The molecule has 0 aliphatic heterocycles. The molecule has 3 nitrogen and oxygen atoms in total. The number of alkyl halides is 2. The van der Waals surface area contributed by atoms with Crippen LogP contribution in [-0.2, 0) is 4.79 Å². The van der Waals surface area contributed by atoms with E-state index in [1.54, 1.807) is 52.9 Å². The smallest absolute Gasteiger partial charge is 0.231 e. The van der Waals surface area contributed by atoms with Crippen LogP contribution < -0.4 is 5.32 Å². The molecule has 2 aromatic rings. The summed E-state index contributed by atoms with van der Waals surface area (Å²) in [7, 11) is 0. The lowest BCUT2D eigenvalue weighted by atomic mass is 10.1. The van der Waals surface area contributed by atoms with E-state index in [0.717, 1.165) is 0 Å². The second-order valence-electron chi connectivity index (χ2n) is 5.79. The van der Waals surface area contributed by atoms with E-state index in [9.17, 15) is 9.59 Å². The Balaban J connectivity index is 1.82. The molecule has 0 spiro atoms. The largest absolute Gasteiger partial charge is 0.326 e. The Morgan fingerprint density at radius 2 is 1.62 bits per heavy atom. The van der Waals surface area contributed by atoms with E-state index in [4.69, 9.17) is 58.0 Å². The fraction of sp³-hybridized carbons (Fsp3) is 0.176. The Morgan fingerprint density at radius 1 is 1.00 bits per heavy atom. The van der Waals surface area contributed by atoms with Gasteiger partial charge in [-0.15, -0.1) is 23.2 Å². The van der Waals surface area contributed by atoms with Gasteiger partial charge in [0.15, 0.2) is 0 Å². The predicted octanol–water partition coefficient (Wildman–Crippen LogP) is 6.75. The van der Waals surface area contributed by atoms with Crippen molar-refractivity contribution in [3.63, 3.8) is 0 Å². The molecule has 2 atom stereocenters. The summed E-state index contributed by atoms with van der Waals surface area (Å²) >= 11 is 32.3. The SMILES string of the molecule is O=C(I)c1cc(NC(=O)C2C(c3cc(Cl)cc(Cl)c3)C2(Cl)Cl)ccc1Cl. The Hall–Kier alpha value is -0.240. The van der Waals surface area contributed by atoms with Crippen molar-refractivity contribution in [2.75, 3.05) is 5.32 Å². The molecular weight excluding hydrogens is 554 g/mol. The first-order valence-corrected chi connectivity index (χ1v) is 10.2. The highest BCUT2D eigenvalue weighted by molar-refractivity contribution is 14.1. The zero-order valence-corrected chi connectivity index (χ0v) is 18.6. The summed E-state index contributed by atoms with van der Waals surface area (Å²) in [5.74, 6) is -1.50. The molecule has 2 unspecified atom stereocenters. The van der Waals surface area contributed by atoms with Gasteiger partial charge in [-0.25, -0.2) is 0 Å². The molecule has 3 rings (SSSR count). The number of nitrogens with one attached hydrogen (secondary N) is 1. The van der Waals surface area contributed by atoms with Crippen molar-refractivity contribution in [3.8, 4) is 0 Å². The number of hydrogen-bond donors (Lipinski definition) is 1. The first kappa shape index (κ1) is 20.5. The highest BCUT2D eigenvalue weighted by atomic mass is 127. The van der Waals surface area contributed by atoms with Crippen molar-refractivity contribution in [1.82, 2.24) is 0 Å². The molecular formula is C17H9Cl5INO2. The van der Waals surface area contributed by atoms with E-state index < -0.39 is 16.2 Å². The zero-order valence-electron chi connectivity index (χ0n) is 12.7. The van der Waals surface area contributed by atoms with Crippen LogP contribution in [0.2, 0.25) is 15.1 Å². The van der Waals surface area contributed by atoms with Crippen LogP contribution in [0.15, 0.2) is 36.4 Å². The molecule has 0 radical (unpaired) electrons. The monoisotopic (exact) mass is 561 g/mol. The predicted molar refractivity (Wildman–Crippen MR) is 116 cm³/mol. The molecule has 0 saturated heterocycles. The van der Waals surface area contributed by atoms with Crippen molar-refractivity contribution in [3.05, 3.63) is 62.6 Å². The van der Waals surface area contributed by atoms with Crippen molar-refractivity contribution in [1.29, 1.82) is 0 Å². The fourth-order valence-corrected chi connectivity index (χ4v) is 4.98. The van der Waals surface area contributed by atoms with Gasteiger partial charge >= 0.3 is 0 Å². The summed E-state index contributed by atoms with van der Waals surface area (Å²) in [5.41, 5.74) is 1.42. The number of benzene rings is 2. The summed E-state index contributed by atoms with van der Waals surface area (Å²) < 4.78 is -1.50. The van der Waals surface area contributed by atoms with Crippen LogP contribution >= 0.6 is 80.6 Å². The molecule has 1 fully saturated rings. The quantitative estimate of drug-likeness (QED) is 0.254. The standard InChI is InChI=1S/C17H9Cl5INO2/c18-8-3-7(4-9(19)5-8)13-14(17(13,21)22)16(26)24-10-1-2-12(20)11(6-10)15(23)25/h1-6,13-14H,(H,24,26). The first-order chi connectivity index (χ1) is 12.1. The maximum Gasteiger partial charge on any atom is 0.231 e. The van der Waals surface area contributed by atoms with Gasteiger partial charge in [0.25, 0.3) is 0 Å². The Labute approximate surface area is 188 Å². The minimum absolute atomic E-state index is 0.231. The number of anilines is 1. The van der Waals surface area contributed by atoms with Gasteiger partial charge in [-0.1, -0.05) is 34.8 Å². The van der Waals surface area contributed by atoms with Crippen LogP contribution in [0.3, 0.4) is 0 Å². The topological polar surface area (TPSA) is 46.2 Å². The van der Waals surface area contributed by atoms with Gasteiger partial charge in [0.05, 0.1) is 10.9 Å². The van der Waals surface area contributed by atoms with Crippen molar-refractivity contribution < 1.29 is 9.59 Å². The highest BCUT2D eigenvalue weighted by Gasteiger charge is 2.67. The third kappa shape index (κ3) is 4.10. The fourth-order valence-electron chi connectivity index (χ4n) is 2.80. The van der Waals surface area contributed by atoms with Gasteiger partial charge in [-0.3, -0.25) is 9.59 Å². The third-order valence-corrected chi connectivity index (χ3v) is 6.31. The second-order valence-corrected chi connectivity index (χ2v) is 9.49. The minimum Gasteiger partial charge on any atom is -0.326 e. The van der Waals surface area contributed by atoms with Crippen molar-refractivity contribution in [2.45, 2.75) is 10.3 Å². The van der Waals surface area contributed by atoms with E-state index in [-0.39, 0.29) is 9.70 Å². The number of carbonyl (C=O) groups is 2. The number of halogens is 6. The van der Waals surface area contributed by atoms with Gasteiger partial charge in [0, 0.05) is 49.8 Å². The number of amides is 1. The number of hydrogen-bond acceptors (Lipinski definition) is 2. The molecule has 0 heterocycles. The Kier molecular flexibility index (Phi) is 6.03. The van der Waals surface area contributed by atoms with E-state index >= 15 is 0 Å². The lowest BCUT2D eigenvalue weighted by Crippen LogP contribution is -2.17. The lowest BCUT2D eigenvalue weighted by molar-refractivity contribution is -0.117. The molecule has 2 aromatic carbocycles. The van der Waals surface area contributed by atoms with E-state index in [2.05, 4.69) is 5.32 Å². The van der Waals surface area contributed by atoms with Crippen molar-refractivity contribution in [2.24, 2.45) is 5.92 Å². The van der Waals surface area contributed by atoms with Crippen LogP contribution in [-0.4, -0.2) is 14.0 Å². The van der Waals surface area contributed by atoms with Crippen LogP contribution in [0.4, 0.5) is 5.69 Å². The van der Waals surface area contributed by atoms with Gasteiger partial charge < -0.3 is 5.32 Å². The van der Waals surface area contributed by atoms with Gasteiger partial charge in [-0.2, -0.15) is 0 Å². The van der Waals surface area contributed by atoms with Crippen LogP contribution in [0.5, 0.6) is 0 Å². The summed E-state index contributed by atoms with van der Waals surface area (Å²) in [4.78, 5) is 24.2. The number of rotatable bonds is 4. The minimum atomic E-state index is -1.27. The van der Waals surface area contributed by atoms with Gasteiger partial charge in [0.1, 0.15) is 4.33 Å². The maximum absolute atomic E-state index is 12.6.